The van der Waals surface area contributed by atoms with Crippen LogP contribution in [0.15, 0.2) is 69.8 Å². The van der Waals surface area contributed by atoms with Crippen molar-refractivity contribution in [1.82, 2.24) is 5.16 Å². The van der Waals surface area contributed by atoms with E-state index in [4.69, 9.17) is 4.52 Å². The van der Waals surface area contributed by atoms with Crippen molar-refractivity contribution in [3.8, 4) is 0 Å². The Kier molecular flexibility index (Phi) is 5.42. The van der Waals surface area contributed by atoms with Crippen LogP contribution in [0.3, 0.4) is 0 Å². The predicted octanol–water partition coefficient (Wildman–Crippen LogP) is 5.37. The van der Waals surface area contributed by atoms with Gasteiger partial charge in [0.1, 0.15) is 17.3 Å². The van der Waals surface area contributed by atoms with E-state index in [1.165, 1.54) is 34.4 Å². The molecule has 0 spiro atoms. The highest BCUT2D eigenvalue weighted by molar-refractivity contribution is 8.13. The van der Waals surface area contributed by atoms with Crippen LogP contribution in [0.4, 0.5) is 10.1 Å². The monoisotopic (exact) mass is 433 g/mol. The zero-order chi connectivity index (χ0) is 21.2. The molecule has 1 amide bonds. The van der Waals surface area contributed by atoms with Crippen LogP contribution in [0, 0.1) is 5.82 Å². The summed E-state index contributed by atoms with van der Waals surface area (Å²) in [5.74, 6) is 0.948. The van der Waals surface area contributed by atoms with Gasteiger partial charge in [0, 0.05) is 17.7 Å². The molecule has 1 aliphatic carbocycles. The van der Waals surface area contributed by atoms with Crippen molar-refractivity contribution in [1.29, 1.82) is 0 Å². The third-order valence-corrected chi connectivity index (χ3v) is 6.34. The number of aromatic nitrogens is 1. The zero-order valence-corrected chi connectivity index (χ0v) is 17.6. The minimum absolute atomic E-state index is 0.236. The molecule has 2 aliphatic rings. The number of carbonyl (C=O) groups is 1. The van der Waals surface area contributed by atoms with Crippen LogP contribution in [0.2, 0.25) is 0 Å². The molecule has 5 rings (SSSR count). The number of anilines is 1. The first-order chi connectivity index (χ1) is 15.2. The summed E-state index contributed by atoms with van der Waals surface area (Å²) < 4.78 is 19.0. The second kappa shape index (κ2) is 8.51. The van der Waals surface area contributed by atoms with Gasteiger partial charge in [0.05, 0.1) is 11.4 Å². The number of rotatable bonds is 4. The van der Waals surface area contributed by atoms with E-state index < -0.39 is 0 Å². The molecule has 0 N–H and O–H groups in total. The maximum Gasteiger partial charge on any atom is 0.283 e. The highest BCUT2D eigenvalue weighted by Crippen LogP contribution is 2.33. The van der Waals surface area contributed by atoms with Gasteiger partial charge in [-0.2, -0.15) is 0 Å². The number of hydrogen-bond donors (Lipinski definition) is 0. The smallest absolute Gasteiger partial charge is 0.283 e. The van der Waals surface area contributed by atoms with Crippen LogP contribution in [-0.4, -0.2) is 16.2 Å². The molecule has 0 fully saturated rings. The van der Waals surface area contributed by atoms with Crippen LogP contribution >= 0.6 is 11.8 Å². The first kappa shape index (κ1) is 19.8. The third-order valence-electron chi connectivity index (χ3n) is 5.39. The largest absolute Gasteiger partial charge is 0.361 e. The topological polar surface area (TPSA) is 58.7 Å². The standard InChI is InChI=1S/C24H20FN3O2S/c25-17-10-12-18(13-11-17)28-23(29)20(14-16-6-2-1-3-7-16)26-24(28)31-15-21-19-8-4-5-9-22(19)30-27-21/h1-3,6-7,10-14H,4-5,8-9,15H2/b20-14-. The highest BCUT2D eigenvalue weighted by atomic mass is 32.2. The second-order valence-corrected chi connectivity index (χ2v) is 8.42. The van der Waals surface area contributed by atoms with Crippen LogP contribution in [-0.2, 0) is 23.4 Å². The molecule has 5 nitrogen and oxygen atoms in total. The van der Waals surface area contributed by atoms with Gasteiger partial charge < -0.3 is 4.52 Å². The van der Waals surface area contributed by atoms with E-state index >= 15 is 0 Å². The zero-order valence-electron chi connectivity index (χ0n) is 16.8. The van der Waals surface area contributed by atoms with E-state index in [-0.39, 0.29) is 11.7 Å². The number of aryl methyl sites for hydroxylation is 1. The van der Waals surface area contributed by atoms with Gasteiger partial charge in [-0.1, -0.05) is 47.3 Å². The molecule has 0 saturated carbocycles. The Labute approximate surface area is 183 Å². The molecule has 7 heteroatoms. The summed E-state index contributed by atoms with van der Waals surface area (Å²) in [4.78, 5) is 19.4. The Morgan fingerprint density at radius 2 is 1.84 bits per heavy atom. The molecule has 0 unspecified atom stereocenters. The van der Waals surface area contributed by atoms with Gasteiger partial charge in [-0.15, -0.1) is 0 Å². The molecule has 0 saturated heterocycles. The number of thioether (sulfide) groups is 1. The third kappa shape index (κ3) is 4.05. The average Bonchev–Trinajstić information content (AvgIpc) is 3.35. The number of aliphatic imine (C=N–C) groups is 1. The van der Waals surface area contributed by atoms with Crippen molar-refractivity contribution < 1.29 is 13.7 Å². The Balaban J connectivity index is 1.45. The number of hydrogen-bond acceptors (Lipinski definition) is 5. The fraction of sp³-hybridized carbons (Fsp3) is 0.208. The van der Waals surface area contributed by atoms with E-state index in [2.05, 4.69) is 10.1 Å². The lowest BCUT2D eigenvalue weighted by atomic mass is 9.97. The summed E-state index contributed by atoms with van der Waals surface area (Å²) in [5, 5.41) is 4.80. The quantitative estimate of drug-likeness (QED) is 0.519. The van der Waals surface area contributed by atoms with E-state index in [1.54, 1.807) is 18.2 Å². The van der Waals surface area contributed by atoms with Crippen molar-refractivity contribution >= 4 is 34.6 Å². The van der Waals surface area contributed by atoms with E-state index in [0.29, 0.717) is 22.3 Å². The summed E-state index contributed by atoms with van der Waals surface area (Å²) >= 11 is 1.44. The van der Waals surface area contributed by atoms with Crippen molar-refractivity contribution in [3.63, 3.8) is 0 Å². The summed E-state index contributed by atoms with van der Waals surface area (Å²) in [6.07, 6.45) is 5.93. The maximum absolute atomic E-state index is 13.5. The van der Waals surface area contributed by atoms with Crippen LogP contribution in [0.5, 0.6) is 0 Å². The van der Waals surface area contributed by atoms with Gasteiger partial charge in [0.2, 0.25) is 0 Å². The fourth-order valence-electron chi connectivity index (χ4n) is 3.81. The van der Waals surface area contributed by atoms with Gasteiger partial charge in [0.25, 0.3) is 5.91 Å². The van der Waals surface area contributed by atoms with Crippen LogP contribution in [0.25, 0.3) is 6.08 Å². The molecule has 3 aromatic rings. The average molecular weight is 434 g/mol. The molecule has 0 bridgehead atoms. The molecule has 2 aromatic carbocycles. The van der Waals surface area contributed by atoms with Gasteiger partial charge >= 0.3 is 0 Å². The lowest BCUT2D eigenvalue weighted by Gasteiger charge is -2.17. The van der Waals surface area contributed by atoms with E-state index in [9.17, 15) is 9.18 Å². The minimum atomic E-state index is -0.351. The predicted molar refractivity (Wildman–Crippen MR) is 120 cm³/mol. The summed E-state index contributed by atoms with van der Waals surface area (Å²) in [6.45, 7) is 0. The molecule has 156 valence electrons. The van der Waals surface area contributed by atoms with Gasteiger partial charge in [-0.05, 0) is 55.2 Å². The van der Waals surface area contributed by atoms with Gasteiger partial charge in [-0.25, -0.2) is 9.38 Å². The number of halogens is 1. The van der Waals surface area contributed by atoms with Crippen LogP contribution in [0.1, 0.15) is 35.4 Å². The SMILES string of the molecule is O=C1/C(=C/c2ccccc2)N=C(SCc2noc3c2CCCC3)N1c1ccc(F)cc1. The first-order valence-electron chi connectivity index (χ1n) is 10.2. The lowest BCUT2D eigenvalue weighted by Crippen LogP contribution is -2.30. The number of amidine groups is 1. The molecule has 2 heterocycles. The van der Waals surface area contributed by atoms with Crippen molar-refractivity contribution in [2.24, 2.45) is 4.99 Å². The molecule has 0 atom stereocenters. The summed E-state index contributed by atoms with van der Waals surface area (Å²) in [6, 6.07) is 15.5. The van der Waals surface area contributed by atoms with Crippen molar-refractivity contribution in [3.05, 3.63) is 88.7 Å². The number of fused-ring (bicyclic) bond motifs is 1. The fourth-order valence-corrected chi connectivity index (χ4v) is 4.79. The highest BCUT2D eigenvalue weighted by Gasteiger charge is 2.32. The number of nitrogens with zero attached hydrogens (tertiary/aromatic N) is 3. The summed E-state index contributed by atoms with van der Waals surface area (Å²) in [5.41, 5.74) is 3.92. The van der Waals surface area contributed by atoms with Crippen molar-refractivity contribution in [2.75, 3.05) is 4.90 Å². The second-order valence-electron chi connectivity index (χ2n) is 7.48. The molecule has 1 aliphatic heterocycles. The number of carbonyl (C=O) groups excluding carboxylic acids is 1. The van der Waals surface area contributed by atoms with Crippen molar-refractivity contribution in [2.45, 2.75) is 31.4 Å². The first-order valence-corrected chi connectivity index (χ1v) is 11.2. The Bertz CT molecular complexity index is 1170. The molecular weight excluding hydrogens is 413 g/mol. The van der Waals surface area contributed by atoms with Crippen LogP contribution < -0.4 is 4.90 Å². The van der Waals surface area contributed by atoms with Gasteiger partial charge in [0.15, 0.2) is 5.17 Å². The molecule has 0 radical (unpaired) electrons. The number of amides is 1. The Morgan fingerprint density at radius 1 is 1.06 bits per heavy atom. The van der Waals surface area contributed by atoms with E-state index in [0.717, 1.165) is 42.7 Å². The molecular formula is C24H20FN3O2S. The number of benzene rings is 2. The Hall–Kier alpha value is -3.19. The van der Waals surface area contributed by atoms with E-state index in [1.807, 2.05) is 30.3 Å². The summed E-state index contributed by atoms with van der Waals surface area (Å²) in [7, 11) is 0. The lowest BCUT2D eigenvalue weighted by molar-refractivity contribution is -0.113. The molecule has 31 heavy (non-hydrogen) atoms. The van der Waals surface area contributed by atoms with Gasteiger partial charge in [-0.3, -0.25) is 9.69 Å². The maximum atomic E-state index is 13.5. The Morgan fingerprint density at radius 3 is 2.65 bits per heavy atom. The minimum Gasteiger partial charge on any atom is -0.361 e. The molecule has 1 aromatic heterocycles. The normalized spacial score (nSPS) is 17.2.